The van der Waals surface area contributed by atoms with E-state index in [0.717, 1.165) is 12.2 Å². The Hall–Kier alpha value is -0.890. The van der Waals surface area contributed by atoms with E-state index in [1.807, 2.05) is 18.3 Å². The first-order chi connectivity index (χ1) is 7.36. The van der Waals surface area contributed by atoms with Gasteiger partial charge in [0, 0.05) is 18.8 Å². The van der Waals surface area contributed by atoms with Gasteiger partial charge in [-0.25, -0.2) is 0 Å². The Balaban J connectivity index is 2.33. The molecule has 15 heavy (non-hydrogen) atoms. The van der Waals surface area contributed by atoms with Crippen molar-refractivity contribution in [3.63, 3.8) is 0 Å². The van der Waals surface area contributed by atoms with Crippen LogP contribution in [0.2, 0.25) is 0 Å². The fraction of sp³-hybridized carbons (Fsp3) is 0.615. The van der Waals surface area contributed by atoms with Gasteiger partial charge in [0.05, 0.1) is 5.69 Å². The largest absolute Gasteiger partial charge is 0.308 e. The number of nitrogens with one attached hydrogen (secondary N) is 1. The Labute approximate surface area is 93.1 Å². The Morgan fingerprint density at radius 2 is 1.93 bits per heavy atom. The lowest BCUT2D eigenvalue weighted by Gasteiger charge is -2.16. The first kappa shape index (κ1) is 12.2. The number of rotatable bonds is 7. The van der Waals surface area contributed by atoms with Crippen LogP contribution in [0.3, 0.4) is 0 Å². The fourth-order valence-corrected chi connectivity index (χ4v) is 1.80. The maximum absolute atomic E-state index is 4.31. The molecule has 1 heterocycles. The fourth-order valence-electron chi connectivity index (χ4n) is 1.80. The predicted octanol–water partition coefficient (Wildman–Crippen LogP) is 3.14. The van der Waals surface area contributed by atoms with Crippen molar-refractivity contribution in [1.29, 1.82) is 0 Å². The van der Waals surface area contributed by atoms with Gasteiger partial charge in [0.25, 0.3) is 0 Å². The predicted molar refractivity (Wildman–Crippen MR) is 64.7 cm³/mol. The lowest BCUT2D eigenvalue weighted by molar-refractivity contribution is 0.440. The first-order valence-electron chi connectivity index (χ1n) is 6.00. The summed E-state index contributed by atoms with van der Waals surface area (Å²) < 4.78 is 0. The summed E-state index contributed by atoms with van der Waals surface area (Å²) in [5, 5.41) is 3.58. The molecular formula is C13H22N2. The zero-order valence-electron chi connectivity index (χ0n) is 9.87. The third-order valence-corrected chi connectivity index (χ3v) is 2.57. The second-order valence-electron chi connectivity index (χ2n) is 3.98. The zero-order valence-corrected chi connectivity index (χ0v) is 9.87. The highest BCUT2D eigenvalue weighted by atomic mass is 14.9. The van der Waals surface area contributed by atoms with E-state index in [2.05, 4.69) is 30.2 Å². The average Bonchev–Trinajstić information content (AvgIpc) is 2.28. The third kappa shape index (κ3) is 4.93. The highest BCUT2D eigenvalue weighted by molar-refractivity contribution is 5.03. The molecule has 1 aromatic heterocycles. The van der Waals surface area contributed by atoms with Crippen molar-refractivity contribution in [2.45, 2.75) is 52.1 Å². The topological polar surface area (TPSA) is 24.9 Å². The van der Waals surface area contributed by atoms with Gasteiger partial charge in [0.15, 0.2) is 0 Å². The molecule has 0 atom stereocenters. The summed E-state index contributed by atoms with van der Waals surface area (Å²) in [5.41, 5.74) is 1.13. The molecule has 0 radical (unpaired) electrons. The van der Waals surface area contributed by atoms with Gasteiger partial charge in [-0.1, -0.05) is 32.8 Å². The Bertz CT molecular complexity index is 240. The first-order valence-corrected chi connectivity index (χ1v) is 6.00. The van der Waals surface area contributed by atoms with Crippen molar-refractivity contribution in [3.05, 3.63) is 30.1 Å². The average molecular weight is 206 g/mol. The van der Waals surface area contributed by atoms with Crippen LogP contribution < -0.4 is 5.32 Å². The summed E-state index contributed by atoms with van der Waals surface area (Å²) in [6.45, 7) is 5.38. The molecule has 0 amide bonds. The van der Waals surface area contributed by atoms with Crippen molar-refractivity contribution < 1.29 is 0 Å². The molecular weight excluding hydrogens is 184 g/mol. The van der Waals surface area contributed by atoms with Crippen LogP contribution in [0.15, 0.2) is 24.4 Å². The molecule has 2 heteroatoms. The molecule has 1 N–H and O–H groups in total. The van der Waals surface area contributed by atoms with Gasteiger partial charge in [-0.3, -0.25) is 4.98 Å². The van der Waals surface area contributed by atoms with Crippen LogP contribution in [0.5, 0.6) is 0 Å². The summed E-state index contributed by atoms with van der Waals surface area (Å²) >= 11 is 0. The SMILES string of the molecule is CCCC(CCC)NCc1ccccn1. The van der Waals surface area contributed by atoms with E-state index in [1.165, 1.54) is 25.7 Å². The smallest absolute Gasteiger partial charge is 0.0541 e. The van der Waals surface area contributed by atoms with E-state index in [0.29, 0.717) is 6.04 Å². The van der Waals surface area contributed by atoms with E-state index in [4.69, 9.17) is 0 Å². The number of hydrogen-bond acceptors (Lipinski definition) is 2. The molecule has 0 bridgehead atoms. The van der Waals surface area contributed by atoms with Gasteiger partial charge >= 0.3 is 0 Å². The Kier molecular flexibility index (Phi) is 6.02. The highest BCUT2D eigenvalue weighted by Crippen LogP contribution is 2.05. The molecule has 2 nitrogen and oxygen atoms in total. The lowest BCUT2D eigenvalue weighted by Crippen LogP contribution is -2.28. The molecule has 0 fully saturated rings. The molecule has 1 rings (SSSR count). The molecule has 0 aromatic carbocycles. The molecule has 0 unspecified atom stereocenters. The highest BCUT2D eigenvalue weighted by Gasteiger charge is 2.05. The molecule has 1 aromatic rings. The third-order valence-electron chi connectivity index (χ3n) is 2.57. The molecule has 0 saturated heterocycles. The van der Waals surface area contributed by atoms with E-state index < -0.39 is 0 Å². The maximum atomic E-state index is 4.31. The molecule has 0 aliphatic rings. The van der Waals surface area contributed by atoms with Gasteiger partial charge < -0.3 is 5.32 Å². The quantitative estimate of drug-likeness (QED) is 0.741. The monoisotopic (exact) mass is 206 g/mol. The molecule has 0 aliphatic heterocycles. The van der Waals surface area contributed by atoms with Crippen LogP contribution in [0, 0.1) is 0 Å². The van der Waals surface area contributed by atoms with Gasteiger partial charge in [0.1, 0.15) is 0 Å². The van der Waals surface area contributed by atoms with Crippen molar-refractivity contribution in [1.82, 2.24) is 10.3 Å². The van der Waals surface area contributed by atoms with Gasteiger partial charge in [-0.15, -0.1) is 0 Å². The second kappa shape index (κ2) is 7.41. The summed E-state index contributed by atoms with van der Waals surface area (Å²) in [5.74, 6) is 0. The summed E-state index contributed by atoms with van der Waals surface area (Å²) in [6, 6.07) is 6.72. The van der Waals surface area contributed by atoms with Crippen molar-refractivity contribution >= 4 is 0 Å². The van der Waals surface area contributed by atoms with Gasteiger partial charge in [-0.05, 0) is 25.0 Å². The number of hydrogen-bond donors (Lipinski definition) is 1. The number of nitrogens with zero attached hydrogens (tertiary/aromatic N) is 1. The van der Waals surface area contributed by atoms with Gasteiger partial charge in [0.2, 0.25) is 0 Å². The van der Waals surface area contributed by atoms with Crippen LogP contribution in [-0.2, 0) is 6.54 Å². The summed E-state index contributed by atoms with van der Waals surface area (Å²) in [6.07, 6.45) is 6.88. The lowest BCUT2D eigenvalue weighted by atomic mass is 10.1. The molecule has 0 saturated carbocycles. The Morgan fingerprint density at radius 3 is 2.47 bits per heavy atom. The van der Waals surface area contributed by atoms with Crippen molar-refractivity contribution in [2.75, 3.05) is 0 Å². The zero-order chi connectivity index (χ0) is 10.9. The van der Waals surface area contributed by atoms with Gasteiger partial charge in [-0.2, -0.15) is 0 Å². The molecule has 0 spiro atoms. The normalized spacial score (nSPS) is 10.9. The minimum absolute atomic E-state index is 0.655. The van der Waals surface area contributed by atoms with E-state index in [1.54, 1.807) is 0 Å². The second-order valence-corrected chi connectivity index (χ2v) is 3.98. The molecule has 84 valence electrons. The van der Waals surface area contributed by atoms with Crippen LogP contribution in [0.4, 0.5) is 0 Å². The van der Waals surface area contributed by atoms with Crippen molar-refractivity contribution in [3.8, 4) is 0 Å². The minimum Gasteiger partial charge on any atom is -0.308 e. The van der Waals surface area contributed by atoms with Crippen LogP contribution in [0.1, 0.15) is 45.2 Å². The minimum atomic E-state index is 0.655. The van der Waals surface area contributed by atoms with E-state index >= 15 is 0 Å². The van der Waals surface area contributed by atoms with E-state index in [-0.39, 0.29) is 0 Å². The maximum Gasteiger partial charge on any atom is 0.0541 e. The van der Waals surface area contributed by atoms with Crippen LogP contribution in [-0.4, -0.2) is 11.0 Å². The van der Waals surface area contributed by atoms with Crippen LogP contribution in [0.25, 0.3) is 0 Å². The van der Waals surface area contributed by atoms with Crippen molar-refractivity contribution in [2.24, 2.45) is 0 Å². The van der Waals surface area contributed by atoms with E-state index in [9.17, 15) is 0 Å². The molecule has 0 aliphatic carbocycles. The standard InChI is InChI=1S/C13H22N2/c1-3-7-12(8-4-2)15-11-13-9-5-6-10-14-13/h5-6,9-10,12,15H,3-4,7-8,11H2,1-2H3. The summed E-state index contributed by atoms with van der Waals surface area (Å²) in [4.78, 5) is 4.31. The summed E-state index contributed by atoms with van der Waals surface area (Å²) in [7, 11) is 0. The van der Waals surface area contributed by atoms with Crippen LogP contribution >= 0.6 is 0 Å². The number of pyridine rings is 1. The number of aromatic nitrogens is 1. The Morgan fingerprint density at radius 1 is 1.20 bits per heavy atom.